The van der Waals surface area contributed by atoms with Gasteiger partial charge in [-0.15, -0.1) is 0 Å². The van der Waals surface area contributed by atoms with Crippen LogP contribution >= 0.6 is 0 Å². The monoisotopic (exact) mass is 220 g/mol. The van der Waals surface area contributed by atoms with Gasteiger partial charge in [-0.1, -0.05) is 23.7 Å². The first-order valence-electron chi connectivity index (χ1n) is 6.00. The van der Waals surface area contributed by atoms with Crippen molar-refractivity contribution in [2.75, 3.05) is 0 Å². The summed E-state index contributed by atoms with van der Waals surface area (Å²) in [4.78, 5) is 13.4. The van der Waals surface area contributed by atoms with Crippen LogP contribution in [0.15, 0.2) is 21.0 Å². The number of rotatable bonds is 3. The van der Waals surface area contributed by atoms with Crippen LogP contribution in [0.4, 0.5) is 0 Å². The molecule has 4 heteroatoms. The second kappa shape index (κ2) is 3.61. The van der Waals surface area contributed by atoms with E-state index in [9.17, 15) is 4.79 Å². The third kappa shape index (κ3) is 1.52. The Morgan fingerprint density at radius 3 is 3.19 bits per heavy atom. The quantitative estimate of drug-likeness (QED) is 0.791. The molecular weight excluding hydrogens is 204 g/mol. The molecule has 1 heterocycles. The zero-order valence-electron chi connectivity index (χ0n) is 9.40. The van der Waals surface area contributed by atoms with Crippen LogP contribution in [0.5, 0.6) is 0 Å². The van der Waals surface area contributed by atoms with E-state index in [0.717, 1.165) is 18.3 Å². The maximum absolute atomic E-state index is 10.8. The second-order valence-corrected chi connectivity index (χ2v) is 4.96. The summed E-state index contributed by atoms with van der Waals surface area (Å²) in [5.74, 6) is 2.48. The Labute approximate surface area is 93.7 Å². The number of H-pyrrole nitrogens is 1. The van der Waals surface area contributed by atoms with E-state index >= 15 is 0 Å². The van der Waals surface area contributed by atoms with Crippen molar-refractivity contribution in [3.05, 3.63) is 28.0 Å². The van der Waals surface area contributed by atoms with Gasteiger partial charge in [0.05, 0.1) is 0 Å². The maximum atomic E-state index is 10.8. The molecule has 3 atom stereocenters. The first-order chi connectivity index (χ1) is 7.76. The van der Waals surface area contributed by atoms with Crippen LogP contribution in [0.1, 0.15) is 32.0 Å². The van der Waals surface area contributed by atoms with E-state index in [0.29, 0.717) is 11.7 Å². The molecule has 2 aliphatic rings. The van der Waals surface area contributed by atoms with Crippen molar-refractivity contribution in [3.8, 4) is 0 Å². The standard InChI is InChI=1S/C12H16N2O2/c1-2-7-3-8-5-9(10(8)4-7)6-11-13-12(15)16-14-11/h4,8-10H,2-3,5-6H2,1H3,(H,13,14,15)/t8-,9-,10-/m1/s1. The summed E-state index contributed by atoms with van der Waals surface area (Å²) >= 11 is 0. The number of aromatic amines is 1. The predicted octanol–water partition coefficient (Wildman–Crippen LogP) is 1.90. The number of fused-ring (bicyclic) bond motifs is 1. The van der Waals surface area contributed by atoms with Crippen LogP contribution in [0.3, 0.4) is 0 Å². The fourth-order valence-electron chi connectivity index (χ4n) is 3.14. The van der Waals surface area contributed by atoms with Gasteiger partial charge < -0.3 is 0 Å². The highest BCUT2D eigenvalue weighted by molar-refractivity contribution is 5.19. The lowest BCUT2D eigenvalue weighted by Crippen LogP contribution is -2.34. The summed E-state index contributed by atoms with van der Waals surface area (Å²) in [7, 11) is 0. The number of nitrogens with one attached hydrogen (secondary N) is 1. The summed E-state index contributed by atoms with van der Waals surface area (Å²) in [6, 6.07) is 0. The van der Waals surface area contributed by atoms with E-state index in [2.05, 4.69) is 27.7 Å². The highest BCUT2D eigenvalue weighted by atomic mass is 16.5. The number of aromatic nitrogens is 2. The molecular formula is C12H16N2O2. The molecule has 4 nitrogen and oxygen atoms in total. The fraction of sp³-hybridized carbons (Fsp3) is 0.667. The summed E-state index contributed by atoms with van der Waals surface area (Å²) in [6.07, 6.45) is 7.02. The number of nitrogens with zero attached hydrogens (tertiary/aromatic N) is 1. The zero-order chi connectivity index (χ0) is 11.1. The van der Waals surface area contributed by atoms with Crippen LogP contribution < -0.4 is 5.76 Å². The highest BCUT2D eigenvalue weighted by Gasteiger charge is 2.43. The van der Waals surface area contributed by atoms with Crippen LogP contribution in [0.25, 0.3) is 0 Å². The predicted molar refractivity (Wildman–Crippen MR) is 58.9 cm³/mol. The molecule has 0 unspecified atom stereocenters. The Morgan fingerprint density at radius 1 is 1.62 bits per heavy atom. The third-order valence-corrected chi connectivity index (χ3v) is 4.04. The molecule has 0 saturated heterocycles. The minimum absolute atomic E-state index is 0.443. The van der Waals surface area contributed by atoms with E-state index < -0.39 is 5.76 Å². The van der Waals surface area contributed by atoms with Crippen molar-refractivity contribution < 1.29 is 4.52 Å². The minimum Gasteiger partial charge on any atom is -0.296 e. The van der Waals surface area contributed by atoms with Gasteiger partial charge in [0.1, 0.15) is 0 Å². The van der Waals surface area contributed by atoms with Crippen LogP contribution in [0.2, 0.25) is 0 Å². The molecule has 1 aromatic heterocycles. The first-order valence-corrected chi connectivity index (χ1v) is 6.00. The van der Waals surface area contributed by atoms with Gasteiger partial charge in [0, 0.05) is 6.42 Å². The van der Waals surface area contributed by atoms with Crippen molar-refractivity contribution in [1.29, 1.82) is 0 Å². The van der Waals surface area contributed by atoms with E-state index in [-0.39, 0.29) is 0 Å². The smallest absolute Gasteiger partial charge is 0.296 e. The van der Waals surface area contributed by atoms with E-state index in [1.807, 2.05) is 0 Å². The molecule has 1 N–H and O–H groups in total. The minimum atomic E-state index is -0.443. The van der Waals surface area contributed by atoms with Crippen molar-refractivity contribution in [2.24, 2.45) is 17.8 Å². The molecule has 2 aliphatic carbocycles. The van der Waals surface area contributed by atoms with Crippen LogP contribution in [-0.2, 0) is 6.42 Å². The van der Waals surface area contributed by atoms with Crippen LogP contribution in [-0.4, -0.2) is 10.1 Å². The average Bonchev–Trinajstić information content (AvgIpc) is 2.79. The summed E-state index contributed by atoms with van der Waals surface area (Å²) in [6.45, 7) is 2.22. The Bertz CT molecular complexity index is 471. The van der Waals surface area contributed by atoms with Gasteiger partial charge in [-0.05, 0) is 37.0 Å². The largest absolute Gasteiger partial charge is 0.438 e. The Morgan fingerprint density at radius 2 is 2.50 bits per heavy atom. The summed E-state index contributed by atoms with van der Waals surface area (Å²) < 4.78 is 4.51. The summed E-state index contributed by atoms with van der Waals surface area (Å²) in [5, 5.41) is 3.73. The third-order valence-electron chi connectivity index (χ3n) is 4.04. The van der Waals surface area contributed by atoms with Crippen molar-refractivity contribution in [2.45, 2.75) is 32.6 Å². The molecule has 0 radical (unpaired) electrons. The molecule has 86 valence electrons. The Kier molecular flexibility index (Phi) is 2.23. The number of allylic oxidation sites excluding steroid dienone is 2. The molecule has 3 rings (SSSR count). The number of hydrogen-bond acceptors (Lipinski definition) is 3. The molecule has 1 aromatic rings. The van der Waals surface area contributed by atoms with E-state index in [1.54, 1.807) is 5.57 Å². The zero-order valence-corrected chi connectivity index (χ0v) is 9.40. The lowest BCUT2D eigenvalue weighted by atomic mass is 9.65. The maximum Gasteiger partial charge on any atom is 0.438 e. The number of hydrogen-bond donors (Lipinski definition) is 1. The average molecular weight is 220 g/mol. The highest BCUT2D eigenvalue weighted by Crippen LogP contribution is 2.51. The van der Waals surface area contributed by atoms with Crippen molar-refractivity contribution in [3.63, 3.8) is 0 Å². The first kappa shape index (κ1) is 9.87. The SMILES string of the molecule is CCC1=C[C@@H]2[C@H](C1)C[C@@H]2Cc1noc(=O)[nH]1. The van der Waals surface area contributed by atoms with Gasteiger partial charge in [0.2, 0.25) is 0 Å². The van der Waals surface area contributed by atoms with Gasteiger partial charge in [0.15, 0.2) is 5.82 Å². The normalized spacial score (nSPS) is 32.1. The topological polar surface area (TPSA) is 58.9 Å². The van der Waals surface area contributed by atoms with Gasteiger partial charge in [-0.25, -0.2) is 4.79 Å². The van der Waals surface area contributed by atoms with E-state index in [4.69, 9.17) is 0 Å². The second-order valence-electron chi connectivity index (χ2n) is 4.96. The van der Waals surface area contributed by atoms with Crippen molar-refractivity contribution in [1.82, 2.24) is 10.1 Å². The fourth-order valence-corrected chi connectivity index (χ4v) is 3.14. The Balaban J connectivity index is 1.67. The molecule has 0 spiro atoms. The van der Waals surface area contributed by atoms with Gasteiger partial charge >= 0.3 is 5.76 Å². The molecule has 0 aliphatic heterocycles. The van der Waals surface area contributed by atoms with E-state index in [1.165, 1.54) is 19.3 Å². The van der Waals surface area contributed by atoms with Crippen molar-refractivity contribution >= 4 is 0 Å². The molecule has 1 saturated carbocycles. The molecule has 16 heavy (non-hydrogen) atoms. The molecule has 1 fully saturated rings. The molecule has 0 bridgehead atoms. The van der Waals surface area contributed by atoms with Gasteiger partial charge in [-0.2, -0.15) is 0 Å². The van der Waals surface area contributed by atoms with Gasteiger partial charge in [0.25, 0.3) is 0 Å². The lowest BCUT2D eigenvalue weighted by Gasteiger charge is -2.39. The summed E-state index contributed by atoms with van der Waals surface area (Å²) in [5.41, 5.74) is 1.60. The molecule has 0 amide bonds. The molecule has 0 aromatic carbocycles. The Hall–Kier alpha value is -1.32. The van der Waals surface area contributed by atoms with Gasteiger partial charge in [-0.3, -0.25) is 9.51 Å². The lowest BCUT2D eigenvalue weighted by molar-refractivity contribution is 0.126. The van der Waals surface area contributed by atoms with Crippen LogP contribution in [0, 0.1) is 17.8 Å².